The first-order valence-corrected chi connectivity index (χ1v) is 6.11. The van der Waals surface area contributed by atoms with E-state index in [0.29, 0.717) is 12.1 Å². The van der Waals surface area contributed by atoms with E-state index in [-0.39, 0.29) is 11.6 Å². The summed E-state index contributed by atoms with van der Waals surface area (Å²) in [6.07, 6.45) is -4.30. The molecule has 0 radical (unpaired) electrons. The van der Waals surface area contributed by atoms with E-state index in [1.165, 1.54) is 12.1 Å². The Morgan fingerprint density at radius 2 is 1.89 bits per heavy atom. The molecule has 1 aromatic rings. The lowest BCUT2D eigenvalue weighted by Crippen LogP contribution is -2.37. The minimum atomic E-state index is -4.30. The maximum absolute atomic E-state index is 12.6. The quantitative estimate of drug-likeness (QED) is 0.883. The zero-order valence-electron chi connectivity index (χ0n) is 11.6. The van der Waals surface area contributed by atoms with Gasteiger partial charge in [0, 0.05) is 19.7 Å². The second kappa shape index (κ2) is 5.92. The maximum Gasteiger partial charge on any atom is 0.416 e. The van der Waals surface area contributed by atoms with Gasteiger partial charge in [0.05, 0.1) is 11.2 Å². The number of methoxy groups -OCH3 is 1. The summed E-state index contributed by atoms with van der Waals surface area (Å²) in [4.78, 5) is 0. The molecule has 0 bridgehead atoms. The maximum atomic E-state index is 12.6. The van der Waals surface area contributed by atoms with Gasteiger partial charge in [-0.05, 0) is 38.5 Å². The third-order valence-electron chi connectivity index (χ3n) is 3.10. The van der Waals surface area contributed by atoms with Crippen molar-refractivity contribution in [3.8, 4) is 0 Å². The molecular formula is C14H20F3NO. The Labute approximate surface area is 112 Å². The van der Waals surface area contributed by atoms with Gasteiger partial charge >= 0.3 is 6.18 Å². The zero-order valence-corrected chi connectivity index (χ0v) is 11.6. The topological polar surface area (TPSA) is 21.3 Å². The molecule has 0 fully saturated rings. The summed E-state index contributed by atoms with van der Waals surface area (Å²) < 4.78 is 43.1. The molecule has 1 aromatic carbocycles. The Kier molecular flexibility index (Phi) is 4.98. The number of hydrogen-bond acceptors (Lipinski definition) is 2. The van der Waals surface area contributed by atoms with Crippen molar-refractivity contribution >= 4 is 0 Å². The van der Waals surface area contributed by atoms with Crippen LogP contribution < -0.4 is 5.32 Å². The van der Waals surface area contributed by atoms with Crippen LogP contribution in [-0.2, 0) is 10.9 Å². The molecule has 1 N–H and O–H groups in total. The van der Waals surface area contributed by atoms with Gasteiger partial charge in [-0.1, -0.05) is 12.1 Å². The minimum Gasteiger partial charge on any atom is -0.377 e. The number of rotatable bonds is 5. The van der Waals surface area contributed by atoms with Gasteiger partial charge in [-0.15, -0.1) is 0 Å². The van der Waals surface area contributed by atoms with E-state index in [1.807, 2.05) is 20.8 Å². The number of alkyl halides is 3. The van der Waals surface area contributed by atoms with Crippen LogP contribution in [0.25, 0.3) is 0 Å². The van der Waals surface area contributed by atoms with Gasteiger partial charge in [0.1, 0.15) is 0 Å². The highest BCUT2D eigenvalue weighted by atomic mass is 19.4. The molecule has 1 rings (SSSR count). The summed E-state index contributed by atoms with van der Waals surface area (Å²) in [6, 6.07) is 5.20. The van der Waals surface area contributed by atoms with Gasteiger partial charge in [-0.25, -0.2) is 0 Å². The molecule has 0 saturated carbocycles. The van der Waals surface area contributed by atoms with Crippen molar-refractivity contribution in [1.82, 2.24) is 5.32 Å². The summed E-state index contributed by atoms with van der Waals surface area (Å²) in [5.41, 5.74) is -0.359. The second-order valence-electron chi connectivity index (χ2n) is 5.19. The third kappa shape index (κ3) is 4.84. The molecule has 0 saturated heterocycles. The Balaban J connectivity index is 2.75. The van der Waals surface area contributed by atoms with Crippen LogP contribution in [0.5, 0.6) is 0 Å². The van der Waals surface area contributed by atoms with Gasteiger partial charge in [-0.3, -0.25) is 0 Å². The first kappa shape index (κ1) is 16.0. The van der Waals surface area contributed by atoms with E-state index in [9.17, 15) is 13.2 Å². The van der Waals surface area contributed by atoms with Crippen molar-refractivity contribution in [1.29, 1.82) is 0 Å². The first-order chi connectivity index (χ1) is 8.65. The monoisotopic (exact) mass is 275 g/mol. The number of halogens is 3. The van der Waals surface area contributed by atoms with E-state index in [4.69, 9.17) is 4.74 Å². The number of benzene rings is 1. The molecular weight excluding hydrogens is 255 g/mol. The van der Waals surface area contributed by atoms with E-state index >= 15 is 0 Å². The zero-order chi connectivity index (χ0) is 14.7. The largest absolute Gasteiger partial charge is 0.416 e. The molecule has 1 atom stereocenters. The van der Waals surface area contributed by atoms with E-state index < -0.39 is 11.7 Å². The normalized spacial score (nSPS) is 14.5. The predicted molar refractivity (Wildman–Crippen MR) is 68.9 cm³/mol. The molecule has 0 aliphatic heterocycles. The molecule has 5 heteroatoms. The van der Waals surface area contributed by atoms with Crippen LogP contribution >= 0.6 is 0 Å². The number of nitrogens with one attached hydrogen (secondary N) is 1. The lowest BCUT2D eigenvalue weighted by Gasteiger charge is -2.26. The van der Waals surface area contributed by atoms with Crippen LogP contribution in [0.1, 0.15) is 37.9 Å². The highest BCUT2D eigenvalue weighted by molar-refractivity contribution is 5.27. The van der Waals surface area contributed by atoms with Crippen LogP contribution in [0.15, 0.2) is 24.3 Å². The summed E-state index contributed by atoms with van der Waals surface area (Å²) in [6.45, 7) is 6.22. The van der Waals surface area contributed by atoms with Crippen molar-refractivity contribution in [2.24, 2.45) is 0 Å². The fourth-order valence-electron chi connectivity index (χ4n) is 1.57. The van der Waals surface area contributed by atoms with Gasteiger partial charge in [-0.2, -0.15) is 13.2 Å². The van der Waals surface area contributed by atoms with Crippen molar-refractivity contribution in [2.45, 2.75) is 38.6 Å². The van der Waals surface area contributed by atoms with Crippen LogP contribution in [-0.4, -0.2) is 19.3 Å². The van der Waals surface area contributed by atoms with Crippen molar-refractivity contribution in [2.75, 3.05) is 13.7 Å². The molecule has 2 nitrogen and oxygen atoms in total. The van der Waals surface area contributed by atoms with Crippen LogP contribution in [0.4, 0.5) is 13.2 Å². The standard InChI is InChI=1S/C14H20F3NO/c1-10(18-9-13(2,3)19-4)11-6-5-7-12(8-11)14(15,16)17/h5-8,10,18H,9H2,1-4H3. The summed E-state index contributed by atoms with van der Waals surface area (Å²) >= 11 is 0. The summed E-state index contributed by atoms with van der Waals surface area (Å²) in [7, 11) is 1.61. The van der Waals surface area contributed by atoms with Crippen LogP contribution in [0, 0.1) is 0 Å². The molecule has 0 aliphatic carbocycles. The molecule has 108 valence electrons. The molecule has 19 heavy (non-hydrogen) atoms. The van der Waals surface area contributed by atoms with E-state index in [0.717, 1.165) is 6.07 Å². The third-order valence-corrected chi connectivity index (χ3v) is 3.10. The predicted octanol–water partition coefficient (Wildman–Crippen LogP) is 3.78. The second-order valence-corrected chi connectivity index (χ2v) is 5.19. The Hall–Kier alpha value is -1.07. The minimum absolute atomic E-state index is 0.170. The number of ether oxygens (including phenoxy) is 1. The van der Waals surface area contributed by atoms with Gasteiger partial charge < -0.3 is 10.1 Å². The Morgan fingerprint density at radius 3 is 2.42 bits per heavy atom. The average molecular weight is 275 g/mol. The molecule has 0 amide bonds. The molecule has 0 spiro atoms. The fraction of sp³-hybridized carbons (Fsp3) is 0.571. The lowest BCUT2D eigenvalue weighted by atomic mass is 10.0. The van der Waals surface area contributed by atoms with Crippen molar-refractivity contribution < 1.29 is 17.9 Å². The molecule has 0 heterocycles. The van der Waals surface area contributed by atoms with Crippen LogP contribution in [0.3, 0.4) is 0 Å². The average Bonchev–Trinajstić information content (AvgIpc) is 2.35. The number of hydrogen-bond donors (Lipinski definition) is 1. The van der Waals surface area contributed by atoms with Crippen LogP contribution in [0.2, 0.25) is 0 Å². The van der Waals surface area contributed by atoms with Crippen molar-refractivity contribution in [3.05, 3.63) is 35.4 Å². The highest BCUT2D eigenvalue weighted by Gasteiger charge is 2.30. The highest BCUT2D eigenvalue weighted by Crippen LogP contribution is 2.30. The van der Waals surface area contributed by atoms with Gasteiger partial charge in [0.15, 0.2) is 0 Å². The fourth-order valence-corrected chi connectivity index (χ4v) is 1.57. The molecule has 0 aromatic heterocycles. The lowest BCUT2D eigenvalue weighted by molar-refractivity contribution is -0.137. The molecule has 1 unspecified atom stereocenters. The van der Waals surface area contributed by atoms with E-state index in [2.05, 4.69) is 5.32 Å². The first-order valence-electron chi connectivity index (χ1n) is 6.11. The smallest absolute Gasteiger partial charge is 0.377 e. The summed E-state index contributed by atoms with van der Waals surface area (Å²) in [5.74, 6) is 0. The van der Waals surface area contributed by atoms with Gasteiger partial charge in [0.2, 0.25) is 0 Å². The van der Waals surface area contributed by atoms with E-state index in [1.54, 1.807) is 13.2 Å². The summed E-state index contributed by atoms with van der Waals surface area (Å²) in [5, 5.41) is 3.18. The van der Waals surface area contributed by atoms with Crippen molar-refractivity contribution in [3.63, 3.8) is 0 Å². The Morgan fingerprint density at radius 1 is 1.26 bits per heavy atom. The molecule has 0 aliphatic rings. The van der Waals surface area contributed by atoms with Gasteiger partial charge in [0.25, 0.3) is 0 Å². The Bertz CT molecular complexity index is 415. The SMILES string of the molecule is COC(C)(C)CNC(C)c1cccc(C(F)(F)F)c1.